The molecule has 5 heteroatoms. The number of allylic oxidation sites excluding steroid dienone is 1. The minimum atomic E-state index is -0.302. The molecule has 3 aromatic rings. The Labute approximate surface area is 143 Å². The van der Waals surface area contributed by atoms with Gasteiger partial charge < -0.3 is 4.90 Å². The quantitative estimate of drug-likeness (QED) is 0.684. The van der Waals surface area contributed by atoms with E-state index >= 15 is 0 Å². The van der Waals surface area contributed by atoms with Crippen molar-refractivity contribution < 1.29 is 0 Å². The smallest absolute Gasteiger partial charge is 0.279 e. The highest BCUT2D eigenvalue weighted by Crippen LogP contribution is 2.24. The van der Waals surface area contributed by atoms with E-state index in [1.165, 1.54) is 11.3 Å². The zero-order valence-corrected chi connectivity index (χ0v) is 14.2. The number of fused-ring (bicyclic) bond motifs is 1. The molecule has 0 aliphatic heterocycles. The summed E-state index contributed by atoms with van der Waals surface area (Å²) in [7, 11) is 3.95. The van der Waals surface area contributed by atoms with Gasteiger partial charge >= 0.3 is 0 Å². The molecule has 0 fully saturated rings. The van der Waals surface area contributed by atoms with Gasteiger partial charge in [-0.05, 0) is 35.9 Å². The summed E-state index contributed by atoms with van der Waals surface area (Å²) < 4.78 is 0.830. The van der Waals surface area contributed by atoms with Crippen molar-refractivity contribution in [1.29, 1.82) is 5.26 Å². The summed E-state index contributed by atoms with van der Waals surface area (Å²) in [5, 5.41) is 10.5. The van der Waals surface area contributed by atoms with Crippen LogP contribution >= 0.6 is 11.3 Å². The Morgan fingerprint density at radius 2 is 1.88 bits per heavy atom. The second-order valence-electron chi connectivity index (χ2n) is 5.48. The molecule has 0 aliphatic carbocycles. The van der Waals surface area contributed by atoms with Gasteiger partial charge in [0.05, 0.1) is 11.0 Å². The number of rotatable bonds is 3. The first-order chi connectivity index (χ1) is 11.6. The van der Waals surface area contributed by atoms with E-state index in [-0.39, 0.29) is 5.56 Å². The second-order valence-corrected chi connectivity index (χ2v) is 6.51. The average molecular weight is 333 g/mol. The molecule has 0 bridgehead atoms. The van der Waals surface area contributed by atoms with Gasteiger partial charge in [0.15, 0.2) is 0 Å². The third kappa shape index (κ3) is 3.19. The van der Waals surface area contributed by atoms with Gasteiger partial charge in [0, 0.05) is 24.5 Å². The van der Waals surface area contributed by atoms with Gasteiger partial charge in [-0.2, -0.15) is 10.2 Å². The Kier molecular flexibility index (Phi) is 4.41. The molecule has 0 saturated carbocycles. The lowest BCUT2D eigenvalue weighted by Gasteiger charge is -2.11. The van der Waals surface area contributed by atoms with E-state index in [1.54, 1.807) is 12.1 Å². The fraction of sp³-hybridized carbons (Fsp3) is 0.105. The first kappa shape index (κ1) is 15.9. The van der Waals surface area contributed by atoms with Crippen molar-refractivity contribution in [3.8, 4) is 6.07 Å². The molecule has 2 aromatic carbocycles. The van der Waals surface area contributed by atoms with Gasteiger partial charge in [0.2, 0.25) is 0 Å². The summed E-state index contributed by atoms with van der Waals surface area (Å²) in [5.74, 6) is 0. The van der Waals surface area contributed by atoms with Crippen LogP contribution in [0.1, 0.15) is 10.6 Å². The molecule has 1 aromatic heterocycles. The number of hydrogen-bond donors (Lipinski definition) is 0. The van der Waals surface area contributed by atoms with Crippen LogP contribution in [-0.4, -0.2) is 19.1 Å². The van der Waals surface area contributed by atoms with Crippen LogP contribution in [0.4, 0.5) is 5.69 Å². The second kappa shape index (κ2) is 6.65. The molecule has 3 rings (SSSR count). The highest BCUT2D eigenvalue weighted by Gasteiger charge is 2.09. The predicted octanol–water partition coefficient (Wildman–Crippen LogP) is 3.79. The first-order valence-corrected chi connectivity index (χ1v) is 8.19. The fourth-order valence-electron chi connectivity index (χ4n) is 2.30. The Morgan fingerprint density at radius 1 is 1.17 bits per heavy atom. The Morgan fingerprint density at radius 3 is 2.54 bits per heavy atom. The first-order valence-electron chi connectivity index (χ1n) is 7.38. The van der Waals surface area contributed by atoms with Gasteiger partial charge in [-0.3, -0.25) is 4.79 Å². The Hall–Kier alpha value is -2.97. The van der Waals surface area contributed by atoms with Gasteiger partial charge in [-0.25, -0.2) is 0 Å². The van der Waals surface area contributed by atoms with E-state index in [1.807, 2.05) is 61.5 Å². The van der Waals surface area contributed by atoms with E-state index in [2.05, 4.69) is 11.1 Å². The zero-order valence-electron chi connectivity index (χ0n) is 13.4. The van der Waals surface area contributed by atoms with E-state index < -0.39 is 0 Å². The molecule has 0 atom stereocenters. The fourth-order valence-corrected chi connectivity index (χ4v) is 3.27. The molecule has 0 amide bonds. The van der Waals surface area contributed by atoms with Gasteiger partial charge in [0.1, 0.15) is 11.1 Å². The summed E-state index contributed by atoms with van der Waals surface area (Å²) in [6.07, 6.45) is 1.76. The van der Waals surface area contributed by atoms with Crippen molar-refractivity contribution >= 4 is 38.8 Å². The van der Waals surface area contributed by atoms with E-state index in [0.29, 0.717) is 16.0 Å². The highest BCUT2D eigenvalue weighted by atomic mass is 32.1. The predicted molar refractivity (Wildman–Crippen MR) is 100 cm³/mol. The molecule has 118 valence electrons. The van der Waals surface area contributed by atoms with Crippen molar-refractivity contribution in [2.75, 3.05) is 19.0 Å². The summed E-state index contributed by atoms with van der Waals surface area (Å²) in [6.45, 7) is 0. The number of nitrogens with zero attached hydrogens (tertiary/aromatic N) is 3. The minimum absolute atomic E-state index is 0.302. The lowest BCUT2D eigenvalue weighted by molar-refractivity contribution is 1.13. The summed E-state index contributed by atoms with van der Waals surface area (Å²) >= 11 is 1.35. The van der Waals surface area contributed by atoms with Crippen LogP contribution in [0.2, 0.25) is 0 Å². The van der Waals surface area contributed by atoms with Gasteiger partial charge in [-0.1, -0.05) is 24.3 Å². The van der Waals surface area contributed by atoms with Crippen molar-refractivity contribution in [3.63, 3.8) is 0 Å². The SMILES string of the molecule is CN(C)c1ccc(C=C(C#N)c2nc(=O)c3ccccc3s2)cc1. The third-order valence-electron chi connectivity index (χ3n) is 3.60. The molecule has 4 nitrogen and oxygen atoms in total. The van der Waals surface area contributed by atoms with Crippen LogP contribution in [0.3, 0.4) is 0 Å². The zero-order chi connectivity index (χ0) is 17.1. The Balaban J connectivity index is 2.05. The molecule has 0 N–H and O–H groups in total. The third-order valence-corrected chi connectivity index (χ3v) is 4.68. The molecule has 0 unspecified atom stereocenters. The van der Waals surface area contributed by atoms with E-state index in [9.17, 15) is 10.1 Å². The highest BCUT2D eigenvalue weighted by molar-refractivity contribution is 7.19. The number of hydrogen-bond acceptors (Lipinski definition) is 5. The van der Waals surface area contributed by atoms with Crippen LogP contribution in [-0.2, 0) is 0 Å². The van der Waals surface area contributed by atoms with Crippen molar-refractivity contribution in [2.24, 2.45) is 0 Å². The molecule has 0 saturated heterocycles. The van der Waals surface area contributed by atoms with Crippen molar-refractivity contribution in [2.45, 2.75) is 0 Å². The standard InChI is InChI=1S/C19H15N3OS/c1-22(2)15-9-7-13(8-10-15)11-14(12-20)19-21-18(23)16-5-3-4-6-17(16)24-19/h3-11H,1-2H3. The number of aromatic nitrogens is 1. The van der Waals surface area contributed by atoms with Gasteiger partial charge in [0.25, 0.3) is 5.56 Å². The monoisotopic (exact) mass is 333 g/mol. The van der Waals surface area contributed by atoms with Crippen LogP contribution in [0.15, 0.2) is 53.3 Å². The van der Waals surface area contributed by atoms with E-state index in [4.69, 9.17) is 0 Å². The number of anilines is 1. The normalized spacial score (nSPS) is 11.3. The van der Waals surface area contributed by atoms with Crippen molar-refractivity contribution in [1.82, 2.24) is 4.98 Å². The molecule has 0 aliphatic rings. The van der Waals surface area contributed by atoms with Crippen LogP contribution in [0, 0.1) is 11.3 Å². The maximum atomic E-state index is 12.1. The van der Waals surface area contributed by atoms with Crippen LogP contribution in [0.5, 0.6) is 0 Å². The molecule has 1 heterocycles. The molecule has 0 spiro atoms. The lowest BCUT2D eigenvalue weighted by atomic mass is 10.1. The summed E-state index contributed by atoms with van der Waals surface area (Å²) in [5.41, 5.74) is 2.06. The molecular weight excluding hydrogens is 318 g/mol. The maximum Gasteiger partial charge on any atom is 0.279 e. The largest absolute Gasteiger partial charge is 0.378 e. The van der Waals surface area contributed by atoms with E-state index in [0.717, 1.165) is 16.0 Å². The van der Waals surface area contributed by atoms with Crippen molar-refractivity contribution in [3.05, 3.63) is 69.5 Å². The van der Waals surface area contributed by atoms with Gasteiger partial charge in [-0.15, -0.1) is 11.3 Å². The average Bonchev–Trinajstić information content (AvgIpc) is 2.60. The summed E-state index contributed by atoms with van der Waals surface area (Å²) in [6, 6.07) is 17.3. The lowest BCUT2D eigenvalue weighted by Crippen LogP contribution is -2.08. The van der Waals surface area contributed by atoms with Crippen LogP contribution in [0.25, 0.3) is 21.7 Å². The Bertz CT molecular complexity index is 1010. The summed E-state index contributed by atoms with van der Waals surface area (Å²) in [4.78, 5) is 18.2. The topological polar surface area (TPSA) is 57.0 Å². The molecule has 24 heavy (non-hydrogen) atoms. The minimum Gasteiger partial charge on any atom is -0.378 e. The number of benzene rings is 2. The molecule has 0 radical (unpaired) electrons. The number of nitriles is 1. The molecular formula is C19H15N3OS. The van der Waals surface area contributed by atoms with Crippen LogP contribution < -0.4 is 10.5 Å². The maximum absolute atomic E-state index is 12.1.